The zero-order valence-electron chi connectivity index (χ0n) is 14.2. The summed E-state index contributed by atoms with van der Waals surface area (Å²) in [6, 6.07) is 8.13. The first-order valence-electron chi connectivity index (χ1n) is 8.46. The second-order valence-corrected chi connectivity index (χ2v) is 6.66. The Bertz CT molecular complexity index is 705. The third kappa shape index (κ3) is 3.48. The summed E-state index contributed by atoms with van der Waals surface area (Å²) in [6.45, 7) is 2.26. The third-order valence-electron chi connectivity index (χ3n) is 4.92. The first-order valence-corrected chi connectivity index (χ1v) is 8.46. The average molecular weight is 328 g/mol. The molecule has 1 aromatic carbocycles. The number of aliphatic hydroxyl groups excluding tert-OH is 1. The molecule has 3 rings (SSSR count). The summed E-state index contributed by atoms with van der Waals surface area (Å²) >= 11 is 0. The van der Waals surface area contributed by atoms with E-state index in [1.54, 1.807) is 15.8 Å². The van der Waals surface area contributed by atoms with E-state index in [0.717, 1.165) is 36.9 Å². The minimum Gasteiger partial charge on any atom is -0.396 e. The number of hydrogen-bond acceptors (Lipinski definition) is 4. The maximum Gasteiger partial charge on any atom is 0.276 e. The first kappa shape index (κ1) is 16.6. The molecule has 0 aliphatic heterocycles. The van der Waals surface area contributed by atoms with Crippen LogP contribution in [0.1, 0.15) is 41.7 Å². The fraction of sp³-hybridized carbons (Fsp3) is 0.500. The highest BCUT2D eigenvalue weighted by atomic mass is 16.3. The Morgan fingerprint density at radius 1 is 1.33 bits per heavy atom. The molecule has 1 N–H and O–H groups in total. The molecular formula is C18H24N4O2. The quantitative estimate of drug-likeness (QED) is 0.934. The van der Waals surface area contributed by atoms with Gasteiger partial charge in [0.2, 0.25) is 0 Å². The van der Waals surface area contributed by atoms with Crippen molar-refractivity contribution in [2.45, 2.75) is 38.6 Å². The zero-order valence-corrected chi connectivity index (χ0v) is 14.2. The van der Waals surface area contributed by atoms with Gasteiger partial charge in [-0.15, -0.1) is 5.10 Å². The van der Waals surface area contributed by atoms with Gasteiger partial charge in [-0.3, -0.25) is 4.79 Å². The van der Waals surface area contributed by atoms with Crippen LogP contribution in [-0.2, 0) is 0 Å². The molecule has 0 radical (unpaired) electrons. The molecule has 1 aliphatic carbocycles. The van der Waals surface area contributed by atoms with Gasteiger partial charge >= 0.3 is 0 Å². The Kier molecular flexibility index (Phi) is 4.94. The van der Waals surface area contributed by atoms with E-state index in [2.05, 4.69) is 10.3 Å². The van der Waals surface area contributed by atoms with E-state index in [4.69, 9.17) is 0 Å². The maximum atomic E-state index is 12.7. The van der Waals surface area contributed by atoms with Gasteiger partial charge in [0, 0.05) is 19.7 Å². The number of carbonyl (C=O) groups is 1. The SMILES string of the molecule is Cc1cccc(-n2cc(C(=O)N(C)C3CCC(CO)CC3)nn2)c1. The Hall–Kier alpha value is -2.21. The molecule has 1 fully saturated rings. The number of benzene rings is 1. The predicted molar refractivity (Wildman–Crippen MR) is 91.0 cm³/mol. The lowest BCUT2D eigenvalue weighted by Crippen LogP contribution is -2.40. The molecule has 128 valence electrons. The molecule has 2 aromatic rings. The fourth-order valence-electron chi connectivity index (χ4n) is 3.32. The fourth-order valence-corrected chi connectivity index (χ4v) is 3.32. The monoisotopic (exact) mass is 328 g/mol. The lowest BCUT2D eigenvalue weighted by atomic mass is 9.86. The van der Waals surface area contributed by atoms with Crippen molar-refractivity contribution >= 4 is 5.91 Å². The van der Waals surface area contributed by atoms with Crippen molar-refractivity contribution in [1.29, 1.82) is 0 Å². The zero-order chi connectivity index (χ0) is 17.1. The number of aryl methyl sites for hydroxylation is 1. The number of aliphatic hydroxyl groups is 1. The Labute approximate surface area is 142 Å². The van der Waals surface area contributed by atoms with Crippen LogP contribution in [0.25, 0.3) is 5.69 Å². The van der Waals surface area contributed by atoms with Gasteiger partial charge in [-0.2, -0.15) is 0 Å². The van der Waals surface area contributed by atoms with Crippen LogP contribution in [0.15, 0.2) is 30.5 Å². The summed E-state index contributed by atoms with van der Waals surface area (Å²) in [4.78, 5) is 14.4. The second kappa shape index (κ2) is 7.13. The maximum absolute atomic E-state index is 12.7. The molecule has 0 bridgehead atoms. The van der Waals surface area contributed by atoms with Gasteiger partial charge < -0.3 is 10.0 Å². The van der Waals surface area contributed by atoms with E-state index < -0.39 is 0 Å². The van der Waals surface area contributed by atoms with Crippen molar-refractivity contribution in [2.24, 2.45) is 5.92 Å². The summed E-state index contributed by atoms with van der Waals surface area (Å²) in [7, 11) is 1.83. The normalized spacial score (nSPS) is 20.8. The van der Waals surface area contributed by atoms with Crippen LogP contribution in [0, 0.1) is 12.8 Å². The van der Waals surface area contributed by atoms with Crippen molar-refractivity contribution in [1.82, 2.24) is 19.9 Å². The van der Waals surface area contributed by atoms with Gasteiger partial charge in [-0.1, -0.05) is 17.3 Å². The number of carbonyl (C=O) groups excluding carboxylic acids is 1. The summed E-state index contributed by atoms with van der Waals surface area (Å²) in [5, 5.41) is 17.4. The van der Waals surface area contributed by atoms with E-state index in [1.807, 2.05) is 38.2 Å². The third-order valence-corrected chi connectivity index (χ3v) is 4.92. The topological polar surface area (TPSA) is 71.2 Å². The Balaban J connectivity index is 1.69. The molecular weight excluding hydrogens is 304 g/mol. The van der Waals surface area contributed by atoms with Gasteiger partial charge in [0.25, 0.3) is 5.91 Å². The van der Waals surface area contributed by atoms with Crippen LogP contribution >= 0.6 is 0 Å². The molecule has 6 nitrogen and oxygen atoms in total. The van der Waals surface area contributed by atoms with Gasteiger partial charge in [0.1, 0.15) is 0 Å². The molecule has 0 unspecified atom stereocenters. The van der Waals surface area contributed by atoms with Crippen LogP contribution in [0.2, 0.25) is 0 Å². The highest BCUT2D eigenvalue weighted by Gasteiger charge is 2.28. The summed E-state index contributed by atoms with van der Waals surface area (Å²) < 4.78 is 1.64. The van der Waals surface area contributed by atoms with Crippen molar-refractivity contribution in [2.75, 3.05) is 13.7 Å². The molecule has 1 heterocycles. The number of aromatic nitrogens is 3. The predicted octanol–water partition coefficient (Wildman–Crippen LogP) is 2.20. The van der Waals surface area contributed by atoms with Gasteiger partial charge in [-0.05, 0) is 56.2 Å². The summed E-state index contributed by atoms with van der Waals surface area (Å²) in [5.74, 6) is 0.285. The highest BCUT2D eigenvalue weighted by Crippen LogP contribution is 2.27. The smallest absolute Gasteiger partial charge is 0.276 e. The van der Waals surface area contributed by atoms with E-state index in [1.165, 1.54) is 0 Å². The molecule has 1 aliphatic rings. The minimum atomic E-state index is -0.0960. The van der Waals surface area contributed by atoms with E-state index in [0.29, 0.717) is 11.6 Å². The van der Waals surface area contributed by atoms with Crippen LogP contribution < -0.4 is 0 Å². The molecule has 0 atom stereocenters. The standard InChI is InChI=1S/C18H24N4O2/c1-13-4-3-5-16(10-13)22-11-17(19-20-22)18(24)21(2)15-8-6-14(12-23)7-9-15/h3-5,10-11,14-15,23H,6-9,12H2,1-2H3. The second-order valence-electron chi connectivity index (χ2n) is 6.66. The largest absolute Gasteiger partial charge is 0.396 e. The average Bonchev–Trinajstić information content (AvgIpc) is 3.10. The molecule has 0 spiro atoms. The van der Waals surface area contributed by atoms with Crippen LogP contribution in [0.3, 0.4) is 0 Å². The van der Waals surface area contributed by atoms with Crippen molar-refractivity contribution in [3.05, 3.63) is 41.7 Å². The first-order chi connectivity index (χ1) is 11.6. The van der Waals surface area contributed by atoms with E-state index >= 15 is 0 Å². The Morgan fingerprint density at radius 2 is 2.08 bits per heavy atom. The van der Waals surface area contributed by atoms with Gasteiger partial charge in [0.05, 0.1) is 11.9 Å². The van der Waals surface area contributed by atoms with E-state index in [9.17, 15) is 9.90 Å². The lowest BCUT2D eigenvalue weighted by Gasteiger charge is -2.33. The molecule has 0 saturated heterocycles. The highest BCUT2D eigenvalue weighted by molar-refractivity contribution is 5.92. The van der Waals surface area contributed by atoms with Crippen LogP contribution in [-0.4, -0.2) is 50.6 Å². The molecule has 6 heteroatoms. The number of amides is 1. The van der Waals surface area contributed by atoms with Crippen LogP contribution in [0.5, 0.6) is 0 Å². The van der Waals surface area contributed by atoms with Crippen molar-refractivity contribution < 1.29 is 9.90 Å². The molecule has 1 amide bonds. The van der Waals surface area contributed by atoms with E-state index in [-0.39, 0.29) is 18.6 Å². The van der Waals surface area contributed by atoms with Crippen molar-refractivity contribution in [3.8, 4) is 5.69 Å². The summed E-state index contributed by atoms with van der Waals surface area (Å²) in [5.41, 5.74) is 2.39. The number of nitrogens with zero attached hydrogens (tertiary/aromatic N) is 4. The van der Waals surface area contributed by atoms with Crippen molar-refractivity contribution in [3.63, 3.8) is 0 Å². The minimum absolute atomic E-state index is 0.0960. The van der Waals surface area contributed by atoms with Gasteiger partial charge in [-0.25, -0.2) is 4.68 Å². The number of hydrogen-bond donors (Lipinski definition) is 1. The number of rotatable bonds is 4. The van der Waals surface area contributed by atoms with Gasteiger partial charge in [0.15, 0.2) is 5.69 Å². The van der Waals surface area contributed by atoms with Crippen LogP contribution in [0.4, 0.5) is 0 Å². The molecule has 1 saturated carbocycles. The lowest BCUT2D eigenvalue weighted by molar-refractivity contribution is 0.0647. The Morgan fingerprint density at radius 3 is 2.75 bits per heavy atom. The molecule has 24 heavy (non-hydrogen) atoms. The summed E-state index contributed by atoms with van der Waals surface area (Å²) in [6.07, 6.45) is 5.48. The molecule has 1 aromatic heterocycles.